The lowest BCUT2D eigenvalue weighted by Gasteiger charge is -2.17. The van der Waals surface area contributed by atoms with Crippen LogP contribution >= 0.6 is 0 Å². The van der Waals surface area contributed by atoms with Gasteiger partial charge in [0.25, 0.3) is 0 Å². The molecule has 3 aliphatic rings. The molecule has 1 N–H and O–H groups in total. The Hall–Kier alpha value is -2.21. The molecule has 4 rings (SSSR count). The average Bonchev–Trinajstić information content (AvgIpc) is 3.13. The highest BCUT2D eigenvalue weighted by atomic mass is 16.5. The molecule has 4 atom stereocenters. The fraction of sp³-hybridized carbons (Fsp3) is 0.400. The van der Waals surface area contributed by atoms with Crippen molar-refractivity contribution in [2.75, 3.05) is 4.90 Å². The smallest absolute Gasteiger partial charge is 0.335 e. The Labute approximate surface area is 120 Å². The molecule has 0 aromatic heterocycles. The van der Waals surface area contributed by atoms with Crippen LogP contribution in [0.4, 0.5) is 5.69 Å². The predicted octanol–water partition coefficient (Wildman–Crippen LogP) is 1.05. The number of ether oxygens (including phenoxy) is 1. The van der Waals surface area contributed by atoms with Crippen molar-refractivity contribution in [3.63, 3.8) is 0 Å². The summed E-state index contributed by atoms with van der Waals surface area (Å²) >= 11 is 0. The molecule has 0 saturated carbocycles. The number of imide groups is 1. The van der Waals surface area contributed by atoms with Crippen LogP contribution in [-0.4, -0.2) is 35.1 Å². The van der Waals surface area contributed by atoms with E-state index in [1.807, 2.05) is 0 Å². The molecule has 21 heavy (non-hydrogen) atoms. The third-order valence-corrected chi connectivity index (χ3v) is 4.66. The van der Waals surface area contributed by atoms with Gasteiger partial charge in [-0.2, -0.15) is 0 Å². The minimum absolute atomic E-state index is 0.126. The first kappa shape index (κ1) is 12.5. The van der Waals surface area contributed by atoms with Crippen LogP contribution in [0, 0.1) is 11.8 Å². The fourth-order valence-corrected chi connectivity index (χ4v) is 3.72. The Bertz CT molecular complexity index is 625. The Morgan fingerprint density at radius 1 is 1.05 bits per heavy atom. The van der Waals surface area contributed by atoms with E-state index in [-0.39, 0.29) is 41.4 Å². The van der Waals surface area contributed by atoms with Gasteiger partial charge >= 0.3 is 5.97 Å². The lowest BCUT2D eigenvalue weighted by molar-refractivity contribution is -0.124. The monoisotopic (exact) mass is 287 g/mol. The van der Waals surface area contributed by atoms with Crippen molar-refractivity contribution >= 4 is 23.5 Å². The third-order valence-electron chi connectivity index (χ3n) is 4.66. The third kappa shape index (κ3) is 1.59. The van der Waals surface area contributed by atoms with E-state index in [0.717, 1.165) is 12.8 Å². The number of aromatic carboxylic acids is 1. The highest BCUT2D eigenvalue weighted by Crippen LogP contribution is 2.49. The number of nitrogens with zero attached hydrogens (tertiary/aromatic N) is 1. The molecular weight excluding hydrogens is 274 g/mol. The SMILES string of the molecule is O=C(O)c1ccc(N2C(=O)[C@@H]3[C@@H](C2=O)[C@H]2CC[C@@H]3O2)cc1. The summed E-state index contributed by atoms with van der Waals surface area (Å²) in [5, 5.41) is 8.89. The second-order valence-corrected chi connectivity index (χ2v) is 5.71. The molecule has 0 spiro atoms. The first-order chi connectivity index (χ1) is 10.1. The van der Waals surface area contributed by atoms with E-state index in [0.29, 0.717) is 5.69 Å². The second kappa shape index (κ2) is 4.14. The number of amides is 2. The van der Waals surface area contributed by atoms with E-state index in [4.69, 9.17) is 9.84 Å². The molecule has 1 aromatic rings. The van der Waals surface area contributed by atoms with Gasteiger partial charge in [0.05, 0.1) is 35.3 Å². The van der Waals surface area contributed by atoms with Crippen molar-refractivity contribution in [3.8, 4) is 0 Å². The van der Waals surface area contributed by atoms with Gasteiger partial charge in [-0.1, -0.05) is 0 Å². The lowest BCUT2D eigenvalue weighted by atomic mass is 9.81. The first-order valence-electron chi connectivity index (χ1n) is 6.94. The zero-order valence-corrected chi connectivity index (χ0v) is 11.1. The molecule has 3 aliphatic heterocycles. The highest BCUT2D eigenvalue weighted by Gasteiger charge is 2.62. The maximum absolute atomic E-state index is 12.5. The number of carbonyl (C=O) groups is 3. The molecule has 6 nitrogen and oxygen atoms in total. The van der Waals surface area contributed by atoms with Crippen LogP contribution in [0.15, 0.2) is 24.3 Å². The van der Waals surface area contributed by atoms with Crippen molar-refractivity contribution in [2.45, 2.75) is 25.0 Å². The fourth-order valence-electron chi connectivity index (χ4n) is 3.72. The number of anilines is 1. The molecule has 0 aliphatic carbocycles. The van der Waals surface area contributed by atoms with Crippen molar-refractivity contribution < 1.29 is 24.2 Å². The maximum atomic E-state index is 12.5. The summed E-state index contributed by atoms with van der Waals surface area (Å²) in [4.78, 5) is 37.1. The molecule has 3 saturated heterocycles. The van der Waals surface area contributed by atoms with Crippen molar-refractivity contribution in [1.29, 1.82) is 0 Å². The van der Waals surface area contributed by atoms with Crippen LogP contribution in [-0.2, 0) is 14.3 Å². The van der Waals surface area contributed by atoms with Gasteiger partial charge in [0.1, 0.15) is 0 Å². The lowest BCUT2D eigenvalue weighted by Crippen LogP contribution is -2.34. The van der Waals surface area contributed by atoms with Crippen LogP contribution < -0.4 is 4.90 Å². The first-order valence-corrected chi connectivity index (χ1v) is 6.94. The molecule has 3 fully saturated rings. The average molecular weight is 287 g/mol. The highest BCUT2D eigenvalue weighted by molar-refractivity contribution is 6.22. The van der Waals surface area contributed by atoms with E-state index in [9.17, 15) is 14.4 Å². The zero-order chi connectivity index (χ0) is 14.7. The number of fused-ring (bicyclic) bond motifs is 5. The maximum Gasteiger partial charge on any atom is 0.335 e. The van der Waals surface area contributed by atoms with Crippen LogP contribution in [0.5, 0.6) is 0 Å². The van der Waals surface area contributed by atoms with Crippen molar-refractivity contribution in [2.24, 2.45) is 11.8 Å². The molecule has 2 bridgehead atoms. The number of hydrogen-bond donors (Lipinski definition) is 1. The molecule has 1 aromatic carbocycles. The number of benzene rings is 1. The summed E-state index contributed by atoms with van der Waals surface area (Å²) in [5.74, 6) is -2.21. The summed E-state index contributed by atoms with van der Waals surface area (Å²) in [6.07, 6.45) is 1.38. The van der Waals surface area contributed by atoms with Crippen LogP contribution in [0.1, 0.15) is 23.2 Å². The minimum Gasteiger partial charge on any atom is -0.478 e. The predicted molar refractivity (Wildman–Crippen MR) is 70.8 cm³/mol. The molecule has 108 valence electrons. The van der Waals surface area contributed by atoms with Crippen LogP contribution in [0.2, 0.25) is 0 Å². The van der Waals surface area contributed by atoms with Crippen LogP contribution in [0.3, 0.4) is 0 Å². The van der Waals surface area contributed by atoms with Crippen molar-refractivity contribution in [1.82, 2.24) is 0 Å². The van der Waals surface area contributed by atoms with E-state index >= 15 is 0 Å². The van der Waals surface area contributed by atoms with E-state index in [2.05, 4.69) is 0 Å². The molecule has 3 heterocycles. The Morgan fingerprint density at radius 3 is 2.05 bits per heavy atom. The van der Waals surface area contributed by atoms with Crippen molar-refractivity contribution in [3.05, 3.63) is 29.8 Å². The standard InChI is InChI=1S/C15H13NO5/c17-13-11-9-5-6-10(21-9)12(11)14(18)16(13)8-3-1-7(2-4-8)15(19)20/h1-4,9-12H,5-6H2,(H,19,20)/t9-,10+,11-,12-/m0/s1. The summed E-state index contributed by atoms with van der Waals surface area (Å²) in [5.41, 5.74) is 0.560. The molecule has 0 radical (unpaired) electrons. The molecule has 6 heteroatoms. The van der Waals surface area contributed by atoms with Gasteiger partial charge in [-0.3, -0.25) is 9.59 Å². The largest absolute Gasteiger partial charge is 0.478 e. The number of carbonyl (C=O) groups excluding carboxylic acids is 2. The Kier molecular flexibility index (Phi) is 2.47. The van der Waals surface area contributed by atoms with Crippen LogP contribution in [0.25, 0.3) is 0 Å². The number of carboxylic acid groups (broad SMARTS) is 1. The van der Waals surface area contributed by atoms with E-state index in [1.54, 1.807) is 0 Å². The van der Waals surface area contributed by atoms with Gasteiger partial charge in [0, 0.05) is 0 Å². The second-order valence-electron chi connectivity index (χ2n) is 5.71. The van der Waals surface area contributed by atoms with Gasteiger partial charge < -0.3 is 9.84 Å². The van der Waals surface area contributed by atoms with Gasteiger partial charge in [-0.05, 0) is 37.1 Å². The zero-order valence-electron chi connectivity index (χ0n) is 11.1. The Morgan fingerprint density at radius 2 is 1.57 bits per heavy atom. The molecule has 0 unspecified atom stereocenters. The van der Waals surface area contributed by atoms with Gasteiger partial charge in [-0.15, -0.1) is 0 Å². The molecule has 2 amide bonds. The molecular formula is C15H13NO5. The summed E-state index contributed by atoms with van der Waals surface area (Å²) in [7, 11) is 0. The number of rotatable bonds is 2. The number of hydrogen-bond acceptors (Lipinski definition) is 4. The van der Waals surface area contributed by atoms with Gasteiger partial charge in [0.2, 0.25) is 11.8 Å². The number of carboxylic acids is 1. The summed E-state index contributed by atoms with van der Waals surface area (Å²) < 4.78 is 5.67. The summed E-state index contributed by atoms with van der Waals surface area (Å²) in [6.45, 7) is 0. The van der Waals surface area contributed by atoms with E-state index < -0.39 is 5.97 Å². The van der Waals surface area contributed by atoms with Gasteiger partial charge in [-0.25, -0.2) is 9.69 Å². The quantitative estimate of drug-likeness (QED) is 0.822. The van der Waals surface area contributed by atoms with E-state index in [1.165, 1.54) is 29.2 Å². The summed E-state index contributed by atoms with van der Waals surface area (Å²) in [6, 6.07) is 5.81. The normalized spacial score (nSPS) is 33.6. The topological polar surface area (TPSA) is 83.9 Å². The van der Waals surface area contributed by atoms with Gasteiger partial charge in [0.15, 0.2) is 0 Å². The minimum atomic E-state index is -1.04. The Balaban J connectivity index is 1.68.